The predicted molar refractivity (Wildman–Crippen MR) is 71.6 cm³/mol. The van der Waals surface area contributed by atoms with Gasteiger partial charge >= 0.3 is 0 Å². The molecule has 1 N–H and O–H groups in total. The Balaban J connectivity index is 2.17. The van der Waals surface area contributed by atoms with Gasteiger partial charge in [-0.1, -0.05) is 13.3 Å². The summed E-state index contributed by atoms with van der Waals surface area (Å²) in [6.07, 6.45) is 3.85. The van der Waals surface area contributed by atoms with Gasteiger partial charge < -0.3 is 5.32 Å². The fourth-order valence-corrected chi connectivity index (χ4v) is 2.99. The van der Waals surface area contributed by atoms with Gasteiger partial charge in [0.1, 0.15) is 5.82 Å². The number of nitro groups is 1. The molecule has 0 spiro atoms. The molecule has 2 atom stereocenters. The lowest BCUT2D eigenvalue weighted by Gasteiger charge is -2.20. The minimum absolute atomic E-state index is 0.0311. The van der Waals surface area contributed by atoms with Gasteiger partial charge in [0.2, 0.25) is 0 Å². The molecule has 2 unspecified atom stereocenters. The Morgan fingerprint density at radius 2 is 2.26 bits per heavy atom. The molecule has 0 bridgehead atoms. The van der Waals surface area contributed by atoms with Crippen molar-refractivity contribution in [1.82, 2.24) is 5.32 Å². The van der Waals surface area contributed by atoms with Crippen molar-refractivity contribution in [2.75, 3.05) is 6.54 Å². The van der Waals surface area contributed by atoms with Crippen LogP contribution in [-0.2, 0) is 6.42 Å². The lowest BCUT2D eigenvalue weighted by molar-refractivity contribution is -0.385. The second kappa shape index (κ2) is 6.10. The zero-order valence-electron chi connectivity index (χ0n) is 11.1. The van der Waals surface area contributed by atoms with Crippen LogP contribution in [0.2, 0.25) is 0 Å². The first kappa shape index (κ1) is 13.9. The monoisotopic (exact) mass is 266 g/mol. The fourth-order valence-electron chi connectivity index (χ4n) is 2.99. The highest BCUT2D eigenvalue weighted by Gasteiger charge is 2.28. The Morgan fingerprint density at radius 3 is 2.95 bits per heavy atom. The summed E-state index contributed by atoms with van der Waals surface area (Å²) in [5.74, 6) is -0.0425. The maximum Gasteiger partial charge on any atom is 0.272 e. The van der Waals surface area contributed by atoms with E-state index in [2.05, 4.69) is 12.2 Å². The van der Waals surface area contributed by atoms with E-state index in [-0.39, 0.29) is 5.69 Å². The van der Waals surface area contributed by atoms with Gasteiger partial charge in [-0.25, -0.2) is 4.39 Å². The van der Waals surface area contributed by atoms with Gasteiger partial charge in [-0.15, -0.1) is 0 Å². The van der Waals surface area contributed by atoms with Crippen molar-refractivity contribution in [3.8, 4) is 0 Å². The Labute approximate surface area is 112 Å². The van der Waals surface area contributed by atoms with Gasteiger partial charge in [-0.2, -0.15) is 0 Å². The zero-order chi connectivity index (χ0) is 13.8. The Morgan fingerprint density at radius 1 is 1.47 bits per heavy atom. The summed E-state index contributed by atoms with van der Waals surface area (Å²) in [5, 5.41) is 14.4. The third kappa shape index (κ3) is 3.29. The number of halogens is 1. The smallest absolute Gasteiger partial charge is 0.272 e. The second-order valence-corrected chi connectivity index (χ2v) is 5.09. The standard InChI is InChI=1S/C14H19FN2O2/c1-2-16-13-5-3-4-10(13)8-11-9-12(15)6-7-14(11)17(18)19/h6-7,9-10,13,16H,2-5,8H2,1H3. The van der Waals surface area contributed by atoms with Gasteiger partial charge in [0.05, 0.1) is 4.92 Å². The molecule has 0 aromatic heterocycles. The summed E-state index contributed by atoms with van der Waals surface area (Å²) in [4.78, 5) is 10.6. The summed E-state index contributed by atoms with van der Waals surface area (Å²) in [7, 11) is 0. The van der Waals surface area contributed by atoms with E-state index in [0.717, 1.165) is 31.9 Å². The molecule has 0 aliphatic heterocycles. The van der Waals surface area contributed by atoms with Crippen LogP contribution in [0.1, 0.15) is 31.7 Å². The highest BCUT2D eigenvalue weighted by atomic mass is 19.1. The number of nitro benzene ring substituents is 1. The van der Waals surface area contributed by atoms with Gasteiger partial charge in [-0.3, -0.25) is 10.1 Å². The van der Waals surface area contributed by atoms with Crippen molar-refractivity contribution in [3.05, 3.63) is 39.7 Å². The normalized spacial score (nSPS) is 22.6. The average molecular weight is 266 g/mol. The molecule has 19 heavy (non-hydrogen) atoms. The van der Waals surface area contributed by atoms with E-state index in [1.165, 1.54) is 12.1 Å². The first-order chi connectivity index (χ1) is 9.11. The van der Waals surface area contributed by atoms with Crippen LogP contribution in [0.25, 0.3) is 0 Å². The largest absolute Gasteiger partial charge is 0.314 e. The summed E-state index contributed by atoms with van der Waals surface area (Å²) >= 11 is 0. The third-order valence-corrected chi connectivity index (χ3v) is 3.85. The molecule has 4 nitrogen and oxygen atoms in total. The number of benzene rings is 1. The zero-order valence-corrected chi connectivity index (χ0v) is 11.1. The van der Waals surface area contributed by atoms with Crippen molar-refractivity contribution in [2.45, 2.75) is 38.6 Å². The molecular weight excluding hydrogens is 247 g/mol. The average Bonchev–Trinajstić information content (AvgIpc) is 2.77. The molecule has 0 amide bonds. The molecule has 1 fully saturated rings. The summed E-state index contributed by atoms with van der Waals surface area (Å²) in [6.45, 7) is 2.95. The molecule has 1 aliphatic carbocycles. The van der Waals surface area contributed by atoms with Gasteiger partial charge in [0, 0.05) is 17.7 Å². The molecule has 0 saturated heterocycles. The molecule has 104 valence electrons. The van der Waals surface area contributed by atoms with Crippen molar-refractivity contribution < 1.29 is 9.31 Å². The Kier molecular flexibility index (Phi) is 4.47. The van der Waals surface area contributed by atoms with Crippen LogP contribution in [-0.4, -0.2) is 17.5 Å². The van der Waals surface area contributed by atoms with E-state index in [4.69, 9.17) is 0 Å². The topological polar surface area (TPSA) is 55.2 Å². The maximum absolute atomic E-state index is 13.3. The van der Waals surface area contributed by atoms with Crippen LogP contribution < -0.4 is 5.32 Å². The van der Waals surface area contributed by atoms with E-state index in [1.807, 2.05) is 0 Å². The first-order valence-corrected chi connectivity index (χ1v) is 6.78. The third-order valence-electron chi connectivity index (χ3n) is 3.85. The molecule has 1 aromatic carbocycles. The predicted octanol–water partition coefficient (Wildman–Crippen LogP) is 3.05. The van der Waals surface area contributed by atoms with Gasteiger partial charge in [-0.05, 0) is 43.9 Å². The van der Waals surface area contributed by atoms with Crippen molar-refractivity contribution >= 4 is 5.69 Å². The number of nitrogens with zero attached hydrogens (tertiary/aromatic N) is 1. The lowest BCUT2D eigenvalue weighted by Crippen LogP contribution is -2.33. The highest BCUT2D eigenvalue weighted by Crippen LogP contribution is 2.31. The maximum atomic E-state index is 13.3. The molecule has 2 rings (SSSR count). The summed E-state index contributed by atoms with van der Waals surface area (Å²) < 4.78 is 13.3. The van der Waals surface area contributed by atoms with Crippen LogP contribution in [0.4, 0.5) is 10.1 Å². The van der Waals surface area contributed by atoms with E-state index in [1.54, 1.807) is 0 Å². The molecule has 1 aliphatic rings. The quantitative estimate of drug-likeness (QED) is 0.658. The minimum atomic E-state index is -0.425. The Bertz CT molecular complexity index is 465. The van der Waals surface area contributed by atoms with E-state index in [0.29, 0.717) is 23.9 Å². The molecule has 0 radical (unpaired) electrons. The van der Waals surface area contributed by atoms with Gasteiger partial charge in [0.25, 0.3) is 5.69 Å². The number of rotatable bonds is 5. The number of nitrogens with one attached hydrogen (secondary N) is 1. The van der Waals surface area contributed by atoms with E-state index in [9.17, 15) is 14.5 Å². The van der Waals surface area contributed by atoms with Gasteiger partial charge in [0.15, 0.2) is 0 Å². The molecule has 0 heterocycles. The van der Waals surface area contributed by atoms with E-state index >= 15 is 0 Å². The molecular formula is C14H19FN2O2. The van der Waals surface area contributed by atoms with Crippen molar-refractivity contribution in [3.63, 3.8) is 0 Å². The summed E-state index contributed by atoms with van der Waals surface area (Å²) in [5.41, 5.74) is 0.545. The molecule has 1 saturated carbocycles. The number of hydrogen-bond acceptors (Lipinski definition) is 3. The Hall–Kier alpha value is -1.49. The SMILES string of the molecule is CCNC1CCCC1Cc1cc(F)ccc1[N+](=O)[O-]. The van der Waals surface area contributed by atoms with Crippen molar-refractivity contribution in [2.24, 2.45) is 5.92 Å². The fraction of sp³-hybridized carbons (Fsp3) is 0.571. The van der Waals surface area contributed by atoms with Crippen LogP contribution >= 0.6 is 0 Å². The minimum Gasteiger partial charge on any atom is -0.314 e. The van der Waals surface area contributed by atoms with Crippen LogP contribution in [0.15, 0.2) is 18.2 Å². The molecule has 1 aromatic rings. The van der Waals surface area contributed by atoms with Crippen LogP contribution in [0.5, 0.6) is 0 Å². The van der Waals surface area contributed by atoms with Crippen LogP contribution in [0.3, 0.4) is 0 Å². The summed E-state index contributed by atoms with van der Waals surface area (Å²) in [6, 6.07) is 4.12. The number of hydrogen-bond donors (Lipinski definition) is 1. The first-order valence-electron chi connectivity index (χ1n) is 6.78. The lowest BCUT2D eigenvalue weighted by atomic mass is 9.93. The highest BCUT2D eigenvalue weighted by molar-refractivity contribution is 5.40. The molecule has 5 heteroatoms. The van der Waals surface area contributed by atoms with Crippen LogP contribution in [0, 0.1) is 21.8 Å². The second-order valence-electron chi connectivity index (χ2n) is 5.09. The van der Waals surface area contributed by atoms with E-state index < -0.39 is 10.7 Å². The van der Waals surface area contributed by atoms with Crippen molar-refractivity contribution in [1.29, 1.82) is 0 Å².